The van der Waals surface area contributed by atoms with Gasteiger partial charge >= 0.3 is 0 Å². The number of aliphatic hydroxyl groups is 1. The SMILES string of the molecule is CC(=O)C(C)(C)[C@@H](O)C[C@H]1CC=C(C)C1(C)C. The van der Waals surface area contributed by atoms with Gasteiger partial charge < -0.3 is 5.11 Å². The van der Waals surface area contributed by atoms with E-state index in [1.54, 1.807) is 6.92 Å². The normalized spacial score (nSPS) is 25.6. The molecule has 0 amide bonds. The summed E-state index contributed by atoms with van der Waals surface area (Å²) >= 11 is 0. The molecule has 0 heterocycles. The minimum atomic E-state index is -0.632. The predicted octanol–water partition coefficient (Wildman–Crippen LogP) is 3.35. The standard InChI is InChI=1S/C15H26O2/c1-10-7-8-12(14(10,3)4)9-13(17)15(5,6)11(2)16/h7,12-13,17H,8-9H2,1-6H3/t12-,13+/m1/s1. The third-order valence-electron chi connectivity index (χ3n) is 4.99. The lowest BCUT2D eigenvalue weighted by Crippen LogP contribution is -2.38. The highest BCUT2D eigenvalue weighted by molar-refractivity contribution is 5.82. The highest BCUT2D eigenvalue weighted by atomic mass is 16.3. The molecule has 0 saturated heterocycles. The van der Waals surface area contributed by atoms with E-state index in [0.29, 0.717) is 12.3 Å². The molecule has 0 spiro atoms. The van der Waals surface area contributed by atoms with Crippen molar-refractivity contribution in [3.63, 3.8) is 0 Å². The summed E-state index contributed by atoms with van der Waals surface area (Å²) in [5.74, 6) is 0.501. The van der Waals surface area contributed by atoms with Gasteiger partial charge in [-0.25, -0.2) is 0 Å². The molecule has 1 aliphatic rings. The van der Waals surface area contributed by atoms with Crippen molar-refractivity contribution in [3.8, 4) is 0 Å². The van der Waals surface area contributed by atoms with Gasteiger partial charge in [0.15, 0.2) is 0 Å². The molecule has 0 aromatic heterocycles. The molecule has 1 N–H and O–H groups in total. The van der Waals surface area contributed by atoms with E-state index in [9.17, 15) is 9.90 Å². The van der Waals surface area contributed by atoms with Gasteiger partial charge in [-0.15, -0.1) is 0 Å². The van der Waals surface area contributed by atoms with Gasteiger partial charge in [0.1, 0.15) is 5.78 Å². The van der Waals surface area contributed by atoms with Crippen LogP contribution in [-0.4, -0.2) is 17.0 Å². The Balaban J connectivity index is 2.72. The molecular weight excluding hydrogens is 212 g/mol. The largest absolute Gasteiger partial charge is 0.392 e. The van der Waals surface area contributed by atoms with Gasteiger partial charge in [-0.1, -0.05) is 39.3 Å². The Bertz CT molecular complexity index is 337. The van der Waals surface area contributed by atoms with E-state index in [2.05, 4.69) is 26.8 Å². The summed E-state index contributed by atoms with van der Waals surface area (Å²) < 4.78 is 0. The van der Waals surface area contributed by atoms with Crippen LogP contribution in [0.1, 0.15) is 54.4 Å². The second kappa shape index (κ2) is 4.56. The summed E-state index contributed by atoms with van der Waals surface area (Å²) in [7, 11) is 0. The van der Waals surface area contributed by atoms with Crippen LogP contribution in [0.15, 0.2) is 11.6 Å². The smallest absolute Gasteiger partial charge is 0.137 e. The number of hydrogen-bond donors (Lipinski definition) is 1. The molecule has 0 fully saturated rings. The van der Waals surface area contributed by atoms with Gasteiger partial charge in [-0.05, 0) is 38.0 Å². The van der Waals surface area contributed by atoms with Gasteiger partial charge in [0.05, 0.1) is 6.10 Å². The zero-order valence-corrected chi connectivity index (χ0v) is 12.0. The van der Waals surface area contributed by atoms with Crippen molar-refractivity contribution in [2.45, 2.75) is 60.5 Å². The highest BCUT2D eigenvalue weighted by Crippen LogP contribution is 2.46. The molecule has 98 valence electrons. The van der Waals surface area contributed by atoms with E-state index in [0.717, 1.165) is 6.42 Å². The molecule has 17 heavy (non-hydrogen) atoms. The van der Waals surface area contributed by atoms with Gasteiger partial charge in [-0.2, -0.15) is 0 Å². The quantitative estimate of drug-likeness (QED) is 0.763. The third kappa shape index (κ3) is 2.62. The Hall–Kier alpha value is -0.630. The van der Waals surface area contributed by atoms with Crippen LogP contribution in [0, 0.1) is 16.7 Å². The molecule has 0 radical (unpaired) electrons. The fraction of sp³-hybridized carbons (Fsp3) is 0.800. The predicted molar refractivity (Wildman–Crippen MR) is 70.7 cm³/mol. The zero-order chi connectivity index (χ0) is 13.4. The number of hydrogen-bond acceptors (Lipinski definition) is 2. The first-order valence-electron chi connectivity index (χ1n) is 6.46. The Morgan fingerprint density at radius 3 is 2.47 bits per heavy atom. The van der Waals surface area contributed by atoms with Crippen molar-refractivity contribution in [2.75, 3.05) is 0 Å². The average Bonchev–Trinajstić information content (AvgIpc) is 2.44. The summed E-state index contributed by atoms with van der Waals surface area (Å²) in [6, 6.07) is 0. The molecular formula is C15H26O2. The monoisotopic (exact) mass is 238 g/mol. The maximum absolute atomic E-state index is 11.5. The summed E-state index contributed by atoms with van der Waals surface area (Å²) in [4.78, 5) is 11.5. The van der Waals surface area contributed by atoms with E-state index in [1.807, 2.05) is 13.8 Å². The molecule has 0 aromatic carbocycles. The molecule has 2 nitrogen and oxygen atoms in total. The van der Waals surface area contributed by atoms with Gasteiger partial charge in [0.25, 0.3) is 0 Å². The zero-order valence-electron chi connectivity index (χ0n) is 12.0. The van der Waals surface area contributed by atoms with E-state index in [4.69, 9.17) is 0 Å². The average molecular weight is 238 g/mol. The van der Waals surface area contributed by atoms with Crippen LogP contribution >= 0.6 is 0 Å². The Morgan fingerprint density at radius 2 is 2.12 bits per heavy atom. The van der Waals surface area contributed by atoms with Crippen LogP contribution in [0.2, 0.25) is 0 Å². The molecule has 2 heteroatoms. The lowest BCUT2D eigenvalue weighted by Gasteiger charge is -2.35. The van der Waals surface area contributed by atoms with Gasteiger partial charge in [-0.3, -0.25) is 4.79 Å². The number of carbonyl (C=O) groups is 1. The summed E-state index contributed by atoms with van der Waals surface area (Å²) in [6.45, 7) is 11.8. The second-order valence-electron chi connectivity index (χ2n) is 6.57. The van der Waals surface area contributed by atoms with Gasteiger partial charge in [0, 0.05) is 5.41 Å². The van der Waals surface area contributed by atoms with Crippen molar-refractivity contribution in [3.05, 3.63) is 11.6 Å². The van der Waals surface area contributed by atoms with Crippen molar-refractivity contribution in [1.82, 2.24) is 0 Å². The first-order chi connectivity index (χ1) is 7.60. The minimum absolute atomic E-state index is 0.0606. The van der Waals surface area contributed by atoms with Crippen molar-refractivity contribution in [1.29, 1.82) is 0 Å². The van der Waals surface area contributed by atoms with Crippen molar-refractivity contribution >= 4 is 5.78 Å². The third-order valence-corrected chi connectivity index (χ3v) is 4.99. The van der Waals surface area contributed by atoms with Crippen LogP contribution in [0.25, 0.3) is 0 Å². The van der Waals surface area contributed by atoms with E-state index < -0.39 is 11.5 Å². The number of rotatable bonds is 4. The maximum atomic E-state index is 11.5. The maximum Gasteiger partial charge on any atom is 0.137 e. The second-order valence-corrected chi connectivity index (χ2v) is 6.57. The summed E-state index contributed by atoms with van der Waals surface area (Å²) in [5.41, 5.74) is 0.913. The fourth-order valence-corrected chi connectivity index (χ4v) is 2.39. The number of carbonyl (C=O) groups excluding carboxylic acids is 1. The number of Topliss-reactive ketones (excluding diaryl/α,β-unsaturated/α-hetero) is 1. The first kappa shape index (κ1) is 14.4. The Labute approximate surface area is 105 Å². The molecule has 2 atom stereocenters. The molecule has 0 bridgehead atoms. The molecule has 0 saturated carbocycles. The number of aliphatic hydroxyl groups excluding tert-OH is 1. The Morgan fingerprint density at radius 1 is 1.59 bits per heavy atom. The van der Waals surface area contributed by atoms with Gasteiger partial charge in [0.2, 0.25) is 0 Å². The molecule has 0 aromatic rings. The van der Waals surface area contributed by atoms with Crippen LogP contribution in [-0.2, 0) is 4.79 Å². The van der Waals surface area contributed by atoms with E-state index in [1.165, 1.54) is 5.57 Å². The topological polar surface area (TPSA) is 37.3 Å². The summed E-state index contributed by atoms with van der Waals surface area (Å²) in [6.07, 6.45) is 3.43. The number of ketones is 1. The summed E-state index contributed by atoms with van der Waals surface area (Å²) in [5, 5.41) is 10.3. The fourth-order valence-electron chi connectivity index (χ4n) is 2.39. The lowest BCUT2D eigenvalue weighted by molar-refractivity contribution is -0.131. The number of allylic oxidation sites excluding steroid dienone is 2. The highest BCUT2D eigenvalue weighted by Gasteiger charge is 2.40. The van der Waals surface area contributed by atoms with Crippen molar-refractivity contribution < 1.29 is 9.90 Å². The van der Waals surface area contributed by atoms with Crippen LogP contribution in [0.5, 0.6) is 0 Å². The van der Waals surface area contributed by atoms with Crippen molar-refractivity contribution in [2.24, 2.45) is 16.7 Å². The molecule has 1 aliphatic carbocycles. The van der Waals surface area contributed by atoms with E-state index >= 15 is 0 Å². The lowest BCUT2D eigenvalue weighted by atomic mass is 9.71. The van der Waals surface area contributed by atoms with Crippen LogP contribution < -0.4 is 0 Å². The molecule has 0 unspecified atom stereocenters. The molecule has 1 rings (SSSR count). The first-order valence-corrected chi connectivity index (χ1v) is 6.46. The molecule has 0 aliphatic heterocycles. The Kier molecular flexibility index (Phi) is 3.87. The minimum Gasteiger partial charge on any atom is -0.392 e. The van der Waals surface area contributed by atoms with Crippen LogP contribution in [0.3, 0.4) is 0 Å². The van der Waals surface area contributed by atoms with Crippen LogP contribution in [0.4, 0.5) is 0 Å². The van der Waals surface area contributed by atoms with E-state index in [-0.39, 0.29) is 11.2 Å².